The highest BCUT2D eigenvalue weighted by Gasteiger charge is 2.26. The number of aryl methyl sites for hydroxylation is 1. The lowest BCUT2D eigenvalue weighted by molar-refractivity contribution is -0.669. The number of thiophene rings is 2. The zero-order chi connectivity index (χ0) is 32.7. The van der Waals surface area contributed by atoms with Crippen molar-refractivity contribution >= 4 is 88.0 Å². The van der Waals surface area contributed by atoms with Crippen molar-refractivity contribution in [3.8, 4) is 21.6 Å². The Balaban J connectivity index is 1.29. The molecule has 1 aliphatic heterocycles. The van der Waals surface area contributed by atoms with E-state index in [9.17, 15) is 13.0 Å². The number of hydrogen-bond donors (Lipinski definition) is 0. The Labute approximate surface area is 292 Å². The topological polar surface area (TPSA) is 64.3 Å². The van der Waals surface area contributed by atoms with Crippen molar-refractivity contribution in [2.45, 2.75) is 50.3 Å². The zero-order valence-electron chi connectivity index (χ0n) is 26.3. The minimum Gasteiger partial charge on any atom is -0.748 e. The van der Waals surface area contributed by atoms with Gasteiger partial charge in [0.2, 0.25) is 5.52 Å². The van der Waals surface area contributed by atoms with Gasteiger partial charge in [0, 0.05) is 39.6 Å². The Bertz CT molecular complexity index is 2260. The Morgan fingerprint density at radius 2 is 1.83 bits per heavy atom. The maximum Gasteiger partial charge on any atom is 0.263 e. The van der Waals surface area contributed by atoms with Crippen LogP contribution in [-0.4, -0.2) is 24.8 Å². The fourth-order valence-corrected chi connectivity index (χ4v) is 10.4. The summed E-state index contributed by atoms with van der Waals surface area (Å²) in [5.74, 6) is 0. The summed E-state index contributed by atoms with van der Waals surface area (Å²) in [6.07, 6.45) is 5.62. The highest BCUT2D eigenvalue weighted by atomic mass is 32.2. The highest BCUT2D eigenvalue weighted by molar-refractivity contribution is 8.03. The molecule has 0 spiro atoms. The average molecular weight is 715 g/mol. The van der Waals surface area contributed by atoms with Crippen LogP contribution in [0.25, 0.3) is 47.9 Å². The molecule has 47 heavy (non-hydrogen) atoms. The monoisotopic (exact) mass is 714 g/mol. The van der Waals surface area contributed by atoms with Crippen molar-refractivity contribution in [2.24, 2.45) is 0 Å². The standard InChI is InChI=1S/C37H34N2O3S5/c1-4-25(20-35-38(5-2)30-23-28(12-14-33(30)45-35)32-10-7-18-43-32)21-36-39(17-15-24(3)47(40,41)42)31-22-27(11-13-34(31)46-36)29-9-6-8-26-16-19-44-37(26)29/h6-14,16,18-24H,4-5,15,17H2,1-3H3. The molecule has 0 bridgehead atoms. The van der Waals surface area contributed by atoms with Crippen LogP contribution in [0, 0.1) is 0 Å². The summed E-state index contributed by atoms with van der Waals surface area (Å²) < 4.78 is 40.1. The number of allylic oxidation sites excluding steroid dienone is 2. The lowest BCUT2D eigenvalue weighted by Crippen LogP contribution is -2.37. The van der Waals surface area contributed by atoms with E-state index in [1.165, 1.54) is 54.2 Å². The number of thioether (sulfide) groups is 1. The molecule has 5 nitrogen and oxygen atoms in total. The maximum atomic E-state index is 11.8. The van der Waals surface area contributed by atoms with E-state index >= 15 is 0 Å². The maximum absolute atomic E-state index is 11.8. The smallest absolute Gasteiger partial charge is 0.263 e. The van der Waals surface area contributed by atoms with Gasteiger partial charge in [0.15, 0.2) is 6.54 Å². The second-order valence-corrected chi connectivity index (χ2v) is 17.4. The lowest BCUT2D eigenvalue weighted by Gasteiger charge is -2.19. The molecule has 0 saturated carbocycles. The molecule has 0 fully saturated rings. The molecule has 0 saturated heterocycles. The molecule has 10 heteroatoms. The molecule has 3 aromatic carbocycles. The van der Waals surface area contributed by atoms with Crippen LogP contribution in [0.5, 0.6) is 0 Å². The molecular formula is C37H34N2O3S5. The van der Waals surface area contributed by atoms with Crippen molar-refractivity contribution in [3.05, 3.63) is 105 Å². The van der Waals surface area contributed by atoms with Crippen LogP contribution in [0.1, 0.15) is 38.6 Å². The quantitative estimate of drug-likeness (QED) is 0.104. The van der Waals surface area contributed by atoms with Gasteiger partial charge >= 0.3 is 0 Å². The molecule has 1 atom stereocenters. The van der Waals surface area contributed by atoms with E-state index in [0.717, 1.165) is 33.8 Å². The van der Waals surface area contributed by atoms with Gasteiger partial charge in [-0.15, -0.1) is 22.7 Å². The fraction of sp³-hybridized carbons (Fsp3) is 0.216. The Morgan fingerprint density at radius 1 is 0.979 bits per heavy atom. The van der Waals surface area contributed by atoms with Crippen molar-refractivity contribution in [3.63, 3.8) is 0 Å². The van der Waals surface area contributed by atoms with Gasteiger partial charge in [0.05, 0.1) is 26.1 Å². The number of aromatic nitrogens is 1. The van der Waals surface area contributed by atoms with E-state index in [2.05, 4.69) is 119 Å². The largest absolute Gasteiger partial charge is 0.748 e. The Hall–Kier alpha value is -3.25. The van der Waals surface area contributed by atoms with E-state index in [1.54, 1.807) is 45.8 Å². The minimum absolute atomic E-state index is 0.248. The lowest BCUT2D eigenvalue weighted by atomic mass is 10.0. The van der Waals surface area contributed by atoms with Gasteiger partial charge in [0.1, 0.15) is 4.70 Å². The number of benzene rings is 3. The van der Waals surface area contributed by atoms with Gasteiger partial charge in [-0.05, 0) is 95.1 Å². The van der Waals surface area contributed by atoms with Crippen LogP contribution in [0.3, 0.4) is 0 Å². The number of nitrogens with zero attached hydrogens (tertiary/aromatic N) is 2. The zero-order valence-corrected chi connectivity index (χ0v) is 30.4. The first kappa shape index (κ1) is 32.3. The number of rotatable bonds is 10. The summed E-state index contributed by atoms with van der Waals surface area (Å²) in [7, 11) is -4.38. The van der Waals surface area contributed by atoms with Crippen molar-refractivity contribution in [1.82, 2.24) is 0 Å². The fourth-order valence-electron chi connectivity index (χ4n) is 5.98. The van der Waals surface area contributed by atoms with Gasteiger partial charge in [-0.25, -0.2) is 8.42 Å². The molecule has 7 rings (SSSR count). The van der Waals surface area contributed by atoms with Gasteiger partial charge in [-0.2, -0.15) is 4.57 Å². The summed E-state index contributed by atoms with van der Waals surface area (Å²) in [5, 5.41) is 6.73. The molecule has 1 unspecified atom stereocenters. The van der Waals surface area contributed by atoms with E-state index < -0.39 is 15.4 Å². The molecule has 6 aromatic rings. The van der Waals surface area contributed by atoms with E-state index in [-0.39, 0.29) is 6.42 Å². The third kappa shape index (κ3) is 6.47. The SMILES string of the molecule is CCC(/C=C1\Sc2ccc(-c3cccs3)cc2N1CC)=C\c1sc2ccc(-c3cccc4ccsc34)cc2[n+]1CCC(C)S(=O)(=O)[O-]. The Morgan fingerprint density at radius 3 is 2.60 bits per heavy atom. The summed E-state index contributed by atoms with van der Waals surface area (Å²) in [4.78, 5) is 4.91. The normalized spacial score (nSPS) is 15.3. The molecule has 0 radical (unpaired) electrons. The van der Waals surface area contributed by atoms with Gasteiger partial charge < -0.3 is 9.45 Å². The van der Waals surface area contributed by atoms with Crippen LogP contribution in [0.15, 0.2) is 105 Å². The molecule has 240 valence electrons. The summed E-state index contributed by atoms with van der Waals surface area (Å²) >= 11 is 7.00. The Kier molecular flexibility index (Phi) is 9.17. The molecule has 1 aliphatic rings. The molecule has 4 heterocycles. The average Bonchev–Trinajstić information content (AvgIpc) is 3.87. The number of anilines is 1. The second-order valence-electron chi connectivity index (χ2n) is 11.6. The molecule has 3 aromatic heterocycles. The summed E-state index contributed by atoms with van der Waals surface area (Å²) in [6.45, 7) is 7.17. The third-order valence-electron chi connectivity index (χ3n) is 8.65. The summed E-state index contributed by atoms with van der Waals surface area (Å²) in [6, 6.07) is 26.1. The number of fused-ring (bicyclic) bond motifs is 3. The predicted molar refractivity (Wildman–Crippen MR) is 202 cm³/mol. The van der Waals surface area contributed by atoms with Crippen LogP contribution in [-0.2, 0) is 16.7 Å². The van der Waals surface area contributed by atoms with Crippen molar-refractivity contribution in [1.29, 1.82) is 0 Å². The minimum atomic E-state index is -4.38. The third-order valence-corrected chi connectivity index (χ3v) is 14.0. The first-order valence-electron chi connectivity index (χ1n) is 15.7. The number of hydrogen-bond acceptors (Lipinski definition) is 8. The molecular weight excluding hydrogens is 681 g/mol. The first-order valence-corrected chi connectivity index (χ1v) is 20.5. The highest BCUT2D eigenvalue weighted by Crippen LogP contribution is 2.48. The van der Waals surface area contributed by atoms with Crippen LogP contribution in [0.2, 0.25) is 0 Å². The van der Waals surface area contributed by atoms with Crippen LogP contribution < -0.4 is 9.47 Å². The predicted octanol–water partition coefficient (Wildman–Crippen LogP) is 10.4. The van der Waals surface area contributed by atoms with Crippen molar-refractivity contribution < 1.29 is 17.5 Å². The van der Waals surface area contributed by atoms with Crippen molar-refractivity contribution in [2.75, 3.05) is 11.4 Å². The van der Waals surface area contributed by atoms with E-state index in [0.29, 0.717) is 6.54 Å². The van der Waals surface area contributed by atoms with Gasteiger partial charge in [-0.3, -0.25) is 0 Å². The molecule has 0 amide bonds. The summed E-state index contributed by atoms with van der Waals surface area (Å²) in [5.41, 5.74) is 7.01. The van der Waals surface area contributed by atoms with Gasteiger partial charge in [0.25, 0.3) is 5.01 Å². The van der Waals surface area contributed by atoms with E-state index in [4.69, 9.17) is 0 Å². The molecule has 0 aliphatic carbocycles. The van der Waals surface area contributed by atoms with Crippen LogP contribution >= 0.6 is 45.8 Å². The second kappa shape index (κ2) is 13.3. The van der Waals surface area contributed by atoms with Gasteiger partial charge in [-0.1, -0.05) is 66.4 Å². The first-order chi connectivity index (χ1) is 22.7. The van der Waals surface area contributed by atoms with Crippen LogP contribution in [0.4, 0.5) is 5.69 Å². The number of thiazole rings is 1. The molecule has 0 N–H and O–H groups in total. The van der Waals surface area contributed by atoms with E-state index in [1.807, 2.05) is 0 Å².